The van der Waals surface area contributed by atoms with Crippen molar-refractivity contribution in [3.05, 3.63) is 57.8 Å². The van der Waals surface area contributed by atoms with Gasteiger partial charge in [0.1, 0.15) is 23.4 Å². The normalized spacial score (nSPS) is 9.89. The first-order valence-electron chi connectivity index (χ1n) is 5.24. The van der Waals surface area contributed by atoms with Crippen molar-refractivity contribution in [3.63, 3.8) is 0 Å². The molecule has 2 aromatic rings. The summed E-state index contributed by atoms with van der Waals surface area (Å²) in [5.41, 5.74) is 1.11. The first-order valence-corrected chi connectivity index (χ1v) is 6.03. The number of hydrogen-bond acceptors (Lipinski definition) is 2. The summed E-state index contributed by atoms with van der Waals surface area (Å²) in [4.78, 5) is 0. The fourth-order valence-corrected chi connectivity index (χ4v) is 1.86. The molecule has 2 nitrogen and oxygen atoms in total. The number of halogens is 2. The zero-order chi connectivity index (χ0) is 13.1. The molecule has 0 N–H and O–H groups in total. The summed E-state index contributed by atoms with van der Waals surface area (Å²) in [5.74, 6) is 0.669. The molecule has 0 aliphatic carbocycles. The lowest BCUT2D eigenvalue weighted by Gasteiger charge is -2.10. The van der Waals surface area contributed by atoms with Gasteiger partial charge in [0.05, 0.1) is 5.56 Å². The predicted octanol–water partition coefficient (Wildman–Crippen LogP) is 4.56. The summed E-state index contributed by atoms with van der Waals surface area (Å²) in [6.07, 6.45) is 0. The lowest BCUT2D eigenvalue weighted by molar-refractivity contribution is 0.474. The van der Waals surface area contributed by atoms with Crippen LogP contribution in [0.2, 0.25) is 0 Å². The van der Waals surface area contributed by atoms with Gasteiger partial charge in [-0.3, -0.25) is 0 Å². The molecule has 0 fully saturated rings. The molecule has 0 saturated carbocycles. The summed E-state index contributed by atoms with van der Waals surface area (Å²) < 4.78 is 19.4. The average molecular weight is 306 g/mol. The van der Waals surface area contributed by atoms with Crippen LogP contribution in [0, 0.1) is 24.1 Å². The molecular weight excluding hydrogens is 297 g/mol. The van der Waals surface area contributed by atoms with Gasteiger partial charge in [-0.1, -0.05) is 15.9 Å². The Morgan fingerprint density at radius 3 is 2.61 bits per heavy atom. The molecular formula is C14H9BrFNO. The summed E-state index contributed by atoms with van der Waals surface area (Å²) >= 11 is 3.32. The van der Waals surface area contributed by atoms with Crippen LogP contribution in [-0.2, 0) is 0 Å². The highest BCUT2D eigenvalue weighted by Crippen LogP contribution is 2.30. The minimum absolute atomic E-state index is 0.311. The van der Waals surface area contributed by atoms with Crippen LogP contribution in [0.25, 0.3) is 0 Å². The van der Waals surface area contributed by atoms with E-state index in [1.807, 2.05) is 0 Å². The molecule has 90 valence electrons. The van der Waals surface area contributed by atoms with Gasteiger partial charge in [0.2, 0.25) is 0 Å². The molecule has 0 aromatic heterocycles. The van der Waals surface area contributed by atoms with E-state index >= 15 is 0 Å². The molecule has 0 spiro atoms. The Kier molecular flexibility index (Phi) is 3.63. The molecule has 4 heteroatoms. The van der Waals surface area contributed by atoms with E-state index in [1.165, 1.54) is 12.1 Å². The van der Waals surface area contributed by atoms with Crippen molar-refractivity contribution in [2.24, 2.45) is 0 Å². The number of benzene rings is 2. The molecule has 0 bridgehead atoms. The summed E-state index contributed by atoms with van der Waals surface area (Å²) in [7, 11) is 0. The quantitative estimate of drug-likeness (QED) is 0.815. The molecule has 0 atom stereocenters. The number of rotatable bonds is 2. The molecule has 0 radical (unpaired) electrons. The average Bonchev–Trinajstić information content (AvgIpc) is 2.33. The van der Waals surface area contributed by atoms with Gasteiger partial charge >= 0.3 is 0 Å². The van der Waals surface area contributed by atoms with Crippen LogP contribution in [0.1, 0.15) is 11.1 Å². The van der Waals surface area contributed by atoms with Crippen molar-refractivity contribution >= 4 is 15.9 Å². The second-order valence-electron chi connectivity index (χ2n) is 3.76. The maximum absolute atomic E-state index is 13.0. The fraction of sp³-hybridized carbons (Fsp3) is 0.0714. The highest BCUT2D eigenvalue weighted by atomic mass is 79.9. The van der Waals surface area contributed by atoms with Crippen LogP contribution >= 0.6 is 15.9 Å². The van der Waals surface area contributed by atoms with E-state index in [0.29, 0.717) is 22.6 Å². The molecule has 0 heterocycles. The summed E-state index contributed by atoms with van der Waals surface area (Å²) in [6, 6.07) is 11.5. The smallest absolute Gasteiger partial charge is 0.146 e. The Balaban J connectivity index is 2.40. The third-order valence-electron chi connectivity index (χ3n) is 2.42. The Hall–Kier alpha value is -1.86. The SMILES string of the molecule is Cc1cc(F)ccc1Oc1cc(Br)ccc1C#N. The highest BCUT2D eigenvalue weighted by molar-refractivity contribution is 9.10. The third-order valence-corrected chi connectivity index (χ3v) is 2.91. The molecule has 2 aromatic carbocycles. The van der Waals surface area contributed by atoms with Crippen molar-refractivity contribution in [1.82, 2.24) is 0 Å². The van der Waals surface area contributed by atoms with E-state index in [1.54, 1.807) is 31.2 Å². The second kappa shape index (κ2) is 5.19. The van der Waals surface area contributed by atoms with Crippen LogP contribution in [0.15, 0.2) is 40.9 Å². The Morgan fingerprint density at radius 1 is 1.17 bits per heavy atom. The van der Waals surface area contributed by atoms with Crippen LogP contribution < -0.4 is 4.74 Å². The van der Waals surface area contributed by atoms with Crippen LogP contribution in [-0.4, -0.2) is 0 Å². The van der Waals surface area contributed by atoms with Gasteiger partial charge in [-0.25, -0.2) is 4.39 Å². The highest BCUT2D eigenvalue weighted by Gasteiger charge is 2.08. The second-order valence-corrected chi connectivity index (χ2v) is 4.68. The van der Waals surface area contributed by atoms with Crippen molar-refractivity contribution in [1.29, 1.82) is 5.26 Å². The number of ether oxygens (including phenoxy) is 1. The topological polar surface area (TPSA) is 33.0 Å². The number of aryl methyl sites for hydroxylation is 1. The maximum Gasteiger partial charge on any atom is 0.146 e. The molecule has 0 saturated heterocycles. The molecule has 0 unspecified atom stereocenters. The van der Waals surface area contributed by atoms with Crippen LogP contribution in [0.4, 0.5) is 4.39 Å². The largest absolute Gasteiger partial charge is 0.456 e. The summed E-state index contributed by atoms with van der Waals surface area (Å²) in [5, 5.41) is 9.00. The zero-order valence-corrected chi connectivity index (χ0v) is 11.2. The van der Waals surface area contributed by atoms with E-state index in [9.17, 15) is 4.39 Å². The van der Waals surface area contributed by atoms with E-state index < -0.39 is 0 Å². The van der Waals surface area contributed by atoms with Gasteiger partial charge in [-0.15, -0.1) is 0 Å². The Labute approximate surface area is 113 Å². The number of nitriles is 1. The molecule has 2 rings (SSSR count). The van der Waals surface area contributed by atoms with Crippen molar-refractivity contribution < 1.29 is 9.13 Å². The van der Waals surface area contributed by atoms with Gasteiger partial charge in [0.25, 0.3) is 0 Å². The number of hydrogen-bond donors (Lipinski definition) is 0. The lowest BCUT2D eigenvalue weighted by atomic mass is 10.2. The first-order chi connectivity index (χ1) is 8.60. The van der Waals surface area contributed by atoms with E-state index in [4.69, 9.17) is 10.00 Å². The maximum atomic E-state index is 13.0. The Bertz CT molecular complexity index is 634. The van der Waals surface area contributed by atoms with Crippen molar-refractivity contribution in [2.45, 2.75) is 6.92 Å². The zero-order valence-electron chi connectivity index (χ0n) is 9.58. The van der Waals surface area contributed by atoms with Gasteiger partial charge in [-0.05, 0) is 48.9 Å². The fourth-order valence-electron chi connectivity index (χ4n) is 1.52. The van der Waals surface area contributed by atoms with Gasteiger partial charge in [0, 0.05) is 4.47 Å². The monoisotopic (exact) mass is 305 g/mol. The molecule has 0 amide bonds. The number of nitrogens with zero attached hydrogens (tertiary/aromatic N) is 1. The predicted molar refractivity (Wildman–Crippen MR) is 70.1 cm³/mol. The molecule has 0 aliphatic heterocycles. The Morgan fingerprint density at radius 2 is 1.94 bits per heavy atom. The minimum atomic E-state index is -0.311. The van der Waals surface area contributed by atoms with Crippen LogP contribution in [0.5, 0.6) is 11.5 Å². The van der Waals surface area contributed by atoms with Crippen molar-refractivity contribution in [3.8, 4) is 17.6 Å². The van der Waals surface area contributed by atoms with Crippen LogP contribution in [0.3, 0.4) is 0 Å². The lowest BCUT2D eigenvalue weighted by Crippen LogP contribution is -1.91. The molecule has 18 heavy (non-hydrogen) atoms. The van der Waals surface area contributed by atoms with Gasteiger partial charge in [0.15, 0.2) is 0 Å². The first kappa shape index (κ1) is 12.6. The molecule has 0 aliphatic rings. The van der Waals surface area contributed by atoms with E-state index in [-0.39, 0.29) is 5.82 Å². The van der Waals surface area contributed by atoms with E-state index in [2.05, 4.69) is 22.0 Å². The third kappa shape index (κ3) is 2.69. The summed E-state index contributed by atoms with van der Waals surface area (Å²) in [6.45, 7) is 1.75. The van der Waals surface area contributed by atoms with Gasteiger partial charge < -0.3 is 4.74 Å². The minimum Gasteiger partial charge on any atom is -0.456 e. The van der Waals surface area contributed by atoms with Gasteiger partial charge in [-0.2, -0.15) is 5.26 Å². The van der Waals surface area contributed by atoms with Crippen molar-refractivity contribution in [2.75, 3.05) is 0 Å². The standard InChI is InChI=1S/C14H9BrFNO/c1-9-6-12(16)4-5-13(9)18-14-7-11(15)3-2-10(14)8-17/h2-7H,1H3. The van der Waals surface area contributed by atoms with E-state index in [0.717, 1.165) is 4.47 Å².